The lowest BCUT2D eigenvalue weighted by Gasteiger charge is -2.22. The molecule has 1 unspecified atom stereocenters. The number of nitrogen functional groups attached to an aromatic ring is 1. The monoisotopic (exact) mass is 268 g/mol. The van der Waals surface area contributed by atoms with Gasteiger partial charge in [0, 0.05) is 13.2 Å². The van der Waals surface area contributed by atoms with Crippen LogP contribution in [0.25, 0.3) is 0 Å². The van der Waals surface area contributed by atoms with Crippen LogP contribution in [0, 0.1) is 0 Å². The summed E-state index contributed by atoms with van der Waals surface area (Å²) in [5.74, 6) is -0.207. The first kappa shape index (κ1) is 13.2. The number of rotatable bonds is 3. The molecule has 2 rings (SSSR count). The average molecular weight is 269 g/mol. The summed E-state index contributed by atoms with van der Waals surface area (Å²) in [5.41, 5.74) is 6.49. The van der Waals surface area contributed by atoms with Crippen molar-refractivity contribution >= 4 is 23.2 Å². The molecule has 1 aromatic carbocycles. The maximum Gasteiger partial charge on any atom is 0.252 e. The quantitative estimate of drug-likeness (QED) is 0.826. The van der Waals surface area contributed by atoms with Gasteiger partial charge in [0.15, 0.2) is 0 Å². The van der Waals surface area contributed by atoms with Crippen molar-refractivity contribution in [3.63, 3.8) is 0 Å². The van der Waals surface area contributed by atoms with Gasteiger partial charge in [-0.25, -0.2) is 0 Å². The molecule has 0 radical (unpaired) electrons. The van der Waals surface area contributed by atoms with Crippen LogP contribution >= 0.6 is 11.6 Å². The van der Waals surface area contributed by atoms with Gasteiger partial charge in [-0.1, -0.05) is 17.7 Å². The lowest BCUT2D eigenvalue weighted by molar-refractivity contribution is 0.0169. The maximum absolute atomic E-state index is 12.0. The molecule has 1 atom stereocenters. The summed E-state index contributed by atoms with van der Waals surface area (Å²) in [6, 6.07) is 5.05. The van der Waals surface area contributed by atoms with Gasteiger partial charge in [0.1, 0.15) is 0 Å². The van der Waals surface area contributed by atoms with Gasteiger partial charge >= 0.3 is 0 Å². The van der Waals surface area contributed by atoms with E-state index in [1.807, 2.05) is 0 Å². The van der Waals surface area contributed by atoms with E-state index in [-0.39, 0.29) is 12.0 Å². The largest absolute Gasteiger partial charge is 0.398 e. The standard InChI is InChI=1S/C13H17ClN2O2/c14-12-10(5-3-6-11(12)15)13(17)16-8-9-4-1-2-7-18-9/h3,5-6,9H,1-2,4,7-8,15H2,(H,16,17). The fourth-order valence-corrected chi connectivity index (χ4v) is 2.21. The number of hydrogen-bond donors (Lipinski definition) is 2. The molecular weight excluding hydrogens is 252 g/mol. The van der Waals surface area contributed by atoms with Crippen LogP contribution in [-0.2, 0) is 4.74 Å². The highest BCUT2D eigenvalue weighted by molar-refractivity contribution is 6.36. The van der Waals surface area contributed by atoms with Crippen molar-refractivity contribution in [2.75, 3.05) is 18.9 Å². The lowest BCUT2D eigenvalue weighted by Crippen LogP contribution is -2.35. The Morgan fingerprint density at radius 1 is 1.50 bits per heavy atom. The number of carbonyl (C=O) groups excluding carboxylic acids is 1. The molecule has 0 spiro atoms. The van der Waals surface area contributed by atoms with Crippen LogP contribution in [0.5, 0.6) is 0 Å². The highest BCUT2D eigenvalue weighted by Crippen LogP contribution is 2.22. The SMILES string of the molecule is Nc1cccc(C(=O)NCC2CCCCO2)c1Cl. The summed E-state index contributed by atoms with van der Waals surface area (Å²) in [6.07, 6.45) is 3.36. The third kappa shape index (κ3) is 3.15. The minimum absolute atomic E-state index is 0.113. The van der Waals surface area contributed by atoms with Gasteiger partial charge in [0.05, 0.1) is 22.4 Å². The molecule has 1 saturated heterocycles. The molecule has 5 heteroatoms. The van der Waals surface area contributed by atoms with Gasteiger partial charge in [-0.05, 0) is 31.4 Å². The summed E-state index contributed by atoms with van der Waals surface area (Å²) in [6.45, 7) is 1.30. The molecule has 1 aliphatic rings. The predicted octanol–water partition coefficient (Wildman–Crippen LogP) is 2.22. The number of hydrogen-bond acceptors (Lipinski definition) is 3. The first-order chi connectivity index (χ1) is 8.68. The first-order valence-electron chi connectivity index (χ1n) is 6.12. The van der Waals surface area contributed by atoms with Crippen LogP contribution in [-0.4, -0.2) is 25.2 Å². The van der Waals surface area contributed by atoms with Crippen LogP contribution in [0.1, 0.15) is 29.6 Å². The lowest BCUT2D eigenvalue weighted by atomic mass is 10.1. The number of anilines is 1. The molecule has 0 aromatic heterocycles. The topological polar surface area (TPSA) is 64.4 Å². The number of benzene rings is 1. The fraction of sp³-hybridized carbons (Fsp3) is 0.462. The van der Waals surface area contributed by atoms with Gasteiger partial charge in [-0.3, -0.25) is 4.79 Å². The Bertz CT molecular complexity index is 431. The van der Waals surface area contributed by atoms with Crippen LogP contribution in [0.2, 0.25) is 5.02 Å². The Kier molecular flexibility index (Phi) is 4.44. The number of halogens is 1. The van der Waals surface area contributed by atoms with Gasteiger partial charge < -0.3 is 15.8 Å². The van der Waals surface area contributed by atoms with Crippen molar-refractivity contribution in [3.05, 3.63) is 28.8 Å². The first-order valence-corrected chi connectivity index (χ1v) is 6.50. The minimum Gasteiger partial charge on any atom is -0.398 e. The van der Waals surface area contributed by atoms with E-state index in [0.717, 1.165) is 25.9 Å². The Morgan fingerprint density at radius 3 is 3.06 bits per heavy atom. The molecule has 4 nitrogen and oxygen atoms in total. The highest BCUT2D eigenvalue weighted by atomic mass is 35.5. The van der Waals surface area contributed by atoms with E-state index in [1.54, 1.807) is 18.2 Å². The Balaban J connectivity index is 1.93. The van der Waals surface area contributed by atoms with Crippen LogP contribution in [0.3, 0.4) is 0 Å². The molecule has 98 valence electrons. The zero-order valence-corrected chi connectivity index (χ0v) is 10.9. The minimum atomic E-state index is -0.207. The summed E-state index contributed by atoms with van der Waals surface area (Å²) in [5, 5.41) is 3.14. The molecule has 0 aliphatic carbocycles. The van der Waals surface area contributed by atoms with E-state index in [1.165, 1.54) is 0 Å². The van der Waals surface area contributed by atoms with Crippen LogP contribution in [0.4, 0.5) is 5.69 Å². The molecule has 1 aliphatic heterocycles. The van der Waals surface area contributed by atoms with Crippen LogP contribution < -0.4 is 11.1 Å². The number of nitrogens with two attached hydrogens (primary N) is 1. The summed E-state index contributed by atoms with van der Waals surface area (Å²) in [7, 11) is 0. The number of amides is 1. The van der Waals surface area contributed by atoms with Crippen LogP contribution in [0.15, 0.2) is 18.2 Å². The third-order valence-corrected chi connectivity index (χ3v) is 3.46. The number of carbonyl (C=O) groups is 1. The maximum atomic E-state index is 12.0. The smallest absolute Gasteiger partial charge is 0.252 e. The molecule has 3 N–H and O–H groups in total. The fourth-order valence-electron chi connectivity index (χ4n) is 2.00. The summed E-state index contributed by atoms with van der Waals surface area (Å²) >= 11 is 5.99. The van der Waals surface area contributed by atoms with Crippen molar-refractivity contribution in [2.24, 2.45) is 0 Å². The van der Waals surface area contributed by atoms with Crippen molar-refractivity contribution in [1.29, 1.82) is 0 Å². The van der Waals surface area contributed by atoms with Gasteiger partial charge in [-0.15, -0.1) is 0 Å². The second-order valence-corrected chi connectivity index (χ2v) is 4.79. The molecule has 0 bridgehead atoms. The van der Waals surface area contributed by atoms with Crippen molar-refractivity contribution in [2.45, 2.75) is 25.4 Å². The van der Waals surface area contributed by atoms with Gasteiger partial charge in [0.2, 0.25) is 0 Å². The van der Waals surface area contributed by atoms with Gasteiger partial charge in [-0.2, -0.15) is 0 Å². The Hall–Kier alpha value is -1.26. The van der Waals surface area contributed by atoms with Crippen molar-refractivity contribution < 1.29 is 9.53 Å². The van der Waals surface area contributed by atoms with E-state index < -0.39 is 0 Å². The number of ether oxygens (including phenoxy) is 1. The number of nitrogens with one attached hydrogen (secondary N) is 1. The molecular formula is C13H17ClN2O2. The molecule has 18 heavy (non-hydrogen) atoms. The van der Waals surface area contributed by atoms with E-state index in [2.05, 4.69) is 5.32 Å². The molecule has 1 heterocycles. The molecule has 0 saturated carbocycles. The zero-order chi connectivity index (χ0) is 13.0. The molecule has 1 amide bonds. The van der Waals surface area contributed by atoms with Crippen molar-refractivity contribution in [3.8, 4) is 0 Å². The highest BCUT2D eigenvalue weighted by Gasteiger charge is 2.17. The van der Waals surface area contributed by atoms with Crippen molar-refractivity contribution in [1.82, 2.24) is 5.32 Å². The van der Waals surface area contributed by atoms with E-state index in [0.29, 0.717) is 22.8 Å². The normalized spacial score (nSPS) is 19.5. The van der Waals surface area contributed by atoms with Gasteiger partial charge in [0.25, 0.3) is 5.91 Å². The third-order valence-electron chi connectivity index (χ3n) is 3.04. The Labute approximate surface area is 111 Å². The average Bonchev–Trinajstić information content (AvgIpc) is 2.40. The second kappa shape index (κ2) is 6.07. The predicted molar refractivity (Wildman–Crippen MR) is 71.8 cm³/mol. The zero-order valence-electron chi connectivity index (χ0n) is 10.1. The summed E-state index contributed by atoms with van der Waals surface area (Å²) in [4.78, 5) is 12.0. The molecule has 1 aromatic rings. The van der Waals surface area contributed by atoms with E-state index in [9.17, 15) is 4.79 Å². The second-order valence-electron chi connectivity index (χ2n) is 4.41. The van der Waals surface area contributed by atoms with E-state index in [4.69, 9.17) is 22.1 Å². The Morgan fingerprint density at radius 2 is 2.33 bits per heavy atom. The molecule has 1 fully saturated rings. The summed E-state index contributed by atoms with van der Waals surface area (Å²) < 4.78 is 5.55. The van der Waals surface area contributed by atoms with E-state index >= 15 is 0 Å².